The van der Waals surface area contributed by atoms with Crippen molar-refractivity contribution >= 4 is 17.8 Å². The van der Waals surface area contributed by atoms with Crippen molar-refractivity contribution in [2.75, 3.05) is 0 Å². The number of piperidine rings is 1. The first-order valence-electron chi connectivity index (χ1n) is 11.4. The van der Waals surface area contributed by atoms with Gasteiger partial charge in [-0.05, 0) is 74.5 Å². The standard InChI is InChI=1S/C22H31N5O4/c23-9-14-2-13-3-16(13)27(14)19(29)18(26)21-5-11-1-12(6-21)8-22(7-11,10-21)31-20(30)15(24)4-17(25)28/h11-16,18H,1-8,10,24,26H2,(H2,25,28)/t11-,12?,13?,14-,15-,16?,18+,21?,22?/m0/s1. The van der Waals surface area contributed by atoms with Gasteiger partial charge in [-0.25, -0.2) is 0 Å². The van der Waals surface area contributed by atoms with Crippen molar-refractivity contribution in [1.82, 2.24) is 4.90 Å². The fourth-order valence-corrected chi connectivity index (χ4v) is 7.63. The van der Waals surface area contributed by atoms with Crippen LogP contribution in [0.1, 0.15) is 57.8 Å². The van der Waals surface area contributed by atoms with Crippen LogP contribution in [0.25, 0.3) is 0 Å². The molecule has 168 valence electrons. The summed E-state index contributed by atoms with van der Waals surface area (Å²) < 4.78 is 5.96. The highest BCUT2D eigenvalue weighted by Crippen LogP contribution is 2.64. The van der Waals surface area contributed by atoms with E-state index in [2.05, 4.69) is 6.07 Å². The zero-order valence-electron chi connectivity index (χ0n) is 17.7. The zero-order chi connectivity index (χ0) is 22.1. The summed E-state index contributed by atoms with van der Waals surface area (Å²) in [6, 6.07) is 0.275. The van der Waals surface area contributed by atoms with Gasteiger partial charge in [-0.3, -0.25) is 14.4 Å². The second-order valence-corrected chi connectivity index (χ2v) is 10.9. The maximum absolute atomic E-state index is 13.5. The van der Waals surface area contributed by atoms with Crippen molar-refractivity contribution in [3.63, 3.8) is 0 Å². The Balaban J connectivity index is 1.36. The maximum atomic E-state index is 13.5. The Labute approximate surface area is 181 Å². The lowest BCUT2D eigenvalue weighted by Crippen LogP contribution is -2.66. The highest BCUT2D eigenvalue weighted by Gasteiger charge is 2.64. The van der Waals surface area contributed by atoms with Crippen LogP contribution in [-0.2, 0) is 19.1 Å². The molecule has 6 N–H and O–H groups in total. The number of hydrogen-bond donors (Lipinski definition) is 3. The number of nitrogens with two attached hydrogens (primary N) is 3. The highest BCUT2D eigenvalue weighted by atomic mass is 16.6. The van der Waals surface area contributed by atoms with E-state index in [4.69, 9.17) is 21.9 Å². The average Bonchev–Trinajstić information content (AvgIpc) is 3.34. The molecule has 9 nitrogen and oxygen atoms in total. The quantitative estimate of drug-likeness (QED) is 0.496. The van der Waals surface area contributed by atoms with Gasteiger partial charge in [-0.15, -0.1) is 0 Å². The van der Waals surface area contributed by atoms with Crippen molar-refractivity contribution in [1.29, 1.82) is 5.26 Å². The van der Waals surface area contributed by atoms with Gasteiger partial charge in [0.25, 0.3) is 0 Å². The number of likely N-dealkylation sites (tertiary alicyclic amines) is 1. The first kappa shape index (κ1) is 20.7. The van der Waals surface area contributed by atoms with Gasteiger partial charge >= 0.3 is 5.97 Å². The van der Waals surface area contributed by atoms with Gasteiger partial charge in [-0.1, -0.05) is 0 Å². The highest BCUT2D eigenvalue weighted by molar-refractivity contribution is 5.85. The number of nitrogens with zero attached hydrogens (tertiary/aromatic N) is 2. The molecule has 2 amide bonds. The predicted molar refractivity (Wildman–Crippen MR) is 108 cm³/mol. The van der Waals surface area contributed by atoms with E-state index in [9.17, 15) is 19.6 Å². The van der Waals surface area contributed by atoms with Gasteiger partial charge in [-0.2, -0.15) is 5.26 Å². The number of primary amides is 1. The molecule has 6 rings (SSSR count). The van der Waals surface area contributed by atoms with Gasteiger partial charge in [0.2, 0.25) is 11.8 Å². The van der Waals surface area contributed by atoms with Crippen LogP contribution in [0, 0.1) is 34.5 Å². The molecule has 1 aliphatic heterocycles. The SMILES string of the molecule is N#C[C@@H]1CC2CC2N1C(=O)[C@@H](N)C12CC3C[C@H](CC(OC(=O)[C@@H](N)CC(N)=O)(C3)C1)C2. The molecule has 9 heteroatoms. The average molecular weight is 430 g/mol. The minimum Gasteiger partial charge on any atom is -0.458 e. The normalized spacial score (nSPS) is 43.6. The maximum Gasteiger partial charge on any atom is 0.323 e. The predicted octanol–water partition coefficient (Wildman–Crippen LogP) is -0.0884. The molecule has 6 aliphatic rings. The fraction of sp³-hybridized carbons (Fsp3) is 0.818. The van der Waals surface area contributed by atoms with E-state index >= 15 is 0 Å². The Morgan fingerprint density at radius 3 is 2.39 bits per heavy atom. The van der Waals surface area contributed by atoms with Crippen LogP contribution in [0.2, 0.25) is 0 Å². The van der Waals surface area contributed by atoms with E-state index in [-0.39, 0.29) is 24.4 Å². The fourth-order valence-electron chi connectivity index (χ4n) is 7.63. The summed E-state index contributed by atoms with van der Waals surface area (Å²) >= 11 is 0. The summed E-state index contributed by atoms with van der Waals surface area (Å²) in [5.74, 6) is -0.240. The minimum atomic E-state index is -1.08. The molecule has 6 fully saturated rings. The summed E-state index contributed by atoms with van der Waals surface area (Å²) in [4.78, 5) is 39.0. The van der Waals surface area contributed by atoms with E-state index in [1.807, 2.05) is 0 Å². The molecule has 4 bridgehead atoms. The Morgan fingerprint density at radius 1 is 1.10 bits per heavy atom. The molecule has 0 spiro atoms. The van der Waals surface area contributed by atoms with Crippen LogP contribution in [-0.4, -0.2) is 52.5 Å². The van der Waals surface area contributed by atoms with E-state index in [0.717, 1.165) is 44.9 Å². The summed E-state index contributed by atoms with van der Waals surface area (Å²) in [5, 5.41) is 9.51. The van der Waals surface area contributed by atoms with E-state index < -0.39 is 35.0 Å². The molecular weight excluding hydrogens is 398 g/mol. The largest absolute Gasteiger partial charge is 0.458 e. The number of fused-ring (bicyclic) bond motifs is 1. The van der Waals surface area contributed by atoms with Crippen LogP contribution in [0.5, 0.6) is 0 Å². The topological polar surface area (TPSA) is 166 Å². The summed E-state index contributed by atoms with van der Waals surface area (Å²) in [6.45, 7) is 0. The number of nitriles is 1. The Kier molecular flexibility index (Phi) is 4.61. The first-order chi connectivity index (χ1) is 14.7. The smallest absolute Gasteiger partial charge is 0.323 e. The molecule has 0 aromatic heterocycles. The molecule has 31 heavy (non-hydrogen) atoms. The first-order valence-corrected chi connectivity index (χ1v) is 11.4. The molecule has 0 aromatic carbocycles. The number of hydrogen-bond acceptors (Lipinski definition) is 7. The third-order valence-corrected chi connectivity index (χ3v) is 8.53. The molecule has 9 atom stereocenters. The molecule has 0 radical (unpaired) electrons. The molecule has 1 heterocycles. The molecule has 5 saturated carbocycles. The van der Waals surface area contributed by atoms with Crippen LogP contribution < -0.4 is 17.2 Å². The second-order valence-electron chi connectivity index (χ2n) is 10.9. The van der Waals surface area contributed by atoms with Crippen molar-refractivity contribution in [3.8, 4) is 6.07 Å². The van der Waals surface area contributed by atoms with Crippen molar-refractivity contribution < 1.29 is 19.1 Å². The second kappa shape index (κ2) is 6.91. The Bertz CT molecular complexity index is 854. The number of amides is 2. The summed E-state index contributed by atoms with van der Waals surface area (Å²) in [5.41, 5.74) is 16.6. The number of carbonyl (C=O) groups excluding carboxylic acids is 3. The lowest BCUT2D eigenvalue weighted by Gasteiger charge is -2.62. The van der Waals surface area contributed by atoms with E-state index in [1.54, 1.807) is 4.90 Å². The van der Waals surface area contributed by atoms with Gasteiger partial charge in [0.15, 0.2) is 0 Å². The monoisotopic (exact) mass is 429 g/mol. The summed E-state index contributed by atoms with van der Waals surface area (Å²) in [6.07, 6.45) is 6.25. The third kappa shape index (κ3) is 3.31. The lowest BCUT2D eigenvalue weighted by atomic mass is 9.46. The van der Waals surface area contributed by atoms with E-state index in [0.29, 0.717) is 24.2 Å². The van der Waals surface area contributed by atoms with Crippen LogP contribution >= 0.6 is 0 Å². The Morgan fingerprint density at radius 2 is 1.77 bits per heavy atom. The molecular formula is C22H31N5O4. The van der Waals surface area contributed by atoms with E-state index in [1.165, 1.54) is 0 Å². The molecule has 5 aliphatic carbocycles. The number of rotatable bonds is 6. The summed E-state index contributed by atoms with van der Waals surface area (Å²) in [7, 11) is 0. The lowest BCUT2D eigenvalue weighted by molar-refractivity contribution is -0.207. The van der Waals surface area contributed by atoms with Crippen molar-refractivity contribution in [2.45, 2.75) is 87.6 Å². The molecule has 0 aromatic rings. The number of ether oxygens (including phenoxy) is 1. The van der Waals surface area contributed by atoms with Crippen LogP contribution in [0.15, 0.2) is 0 Å². The number of carbonyl (C=O) groups is 3. The van der Waals surface area contributed by atoms with Gasteiger partial charge in [0, 0.05) is 6.04 Å². The van der Waals surface area contributed by atoms with Gasteiger partial charge in [0.05, 0.1) is 18.5 Å². The van der Waals surface area contributed by atoms with Gasteiger partial charge < -0.3 is 26.8 Å². The third-order valence-electron chi connectivity index (χ3n) is 8.53. The number of esters is 1. The van der Waals surface area contributed by atoms with Crippen molar-refractivity contribution in [2.24, 2.45) is 40.4 Å². The van der Waals surface area contributed by atoms with Crippen LogP contribution in [0.4, 0.5) is 0 Å². The zero-order valence-corrected chi connectivity index (χ0v) is 17.7. The molecule has 5 unspecified atom stereocenters. The Hall–Kier alpha value is -2.18. The molecule has 1 saturated heterocycles. The van der Waals surface area contributed by atoms with Crippen molar-refractivity contribution in [3.05, 3.63) is 0 Å². The van der Waals surface area contributed by atoms with Gasteiger partial charge in [0.1, 0.15) is 17.7 Å². The minimum absolute atomic E-state index is 0.120. The van der Waals surface area contributed by atoms with Crippen LogP contribution in [0.3, 0.4) is 0 Å².